The lowest BCUT2D eigenvalue weighted by atomic mass is 10.1. The molecular weight excluding hydrogens is 435 g/mol. The van der Waals surface area contributed by atoms with Crippen LogP contribution in [0.15, 0.2) is 40.7 Å². The maximum atomic E-state index is 5.95. The molecule has 2 aromatic rings. The fourth-order valence-corrected chi connectivity index (χ4v) is 3.59. The van der Waals surface area contributed by atoms with Crippen LogP contribution in [0.2, 0.25) is 0 Å². The first kappa shape index (κ1) is 19.0. The molecule has 2 heterocycles. The SMILES string of the molecule is COc1cccc(NC(N)=NCCN2CCc3sccc3C2)c1.I. The van der Waals surface area contributed by atoms with Crippen LogP contribution in [0.5, 0.6) is 5.75 Å². The number of thiophene rings is 1. The minimum absolute atomic E-state index is 0. The Morgan fingerprint density at radius 2 is 2.29 bits per heavy atom. The lowest BCUT2D eigenvalue weighted by molar-refractivity contribution is 0.264. The van der Waals surface area contributed by atoms with Gasteiger partial charge in [0.1, 0.15) is 5.75 Å². The molecule has 1 aliphatic rings. The number of methoxy groups -OCH3 is 1. The number of guanidine groups is 1. The number of ether oxygens (including phenoxy) is 1. The number of fused-ring (bicyclic) bond motifs is 1. The van der Waals surface area contributed by atoms with Gasteiger partial charge < -0.3 is 15.8 Å². The lowest BCUT2D eigenvalue weighted by Crippen LogP contribution is -2.32. The zero-order chi connectivity index (χ0) is 16.1. The molecule has 0 fully saturated rings. The second-order valence-electron chi connectivity index (χ2n) is 5.52. The number of nitrogens with two attached hydrogens (primary N) is 1. The van der Waals surface area contributed by atoms with Crippen molar-refractivity contribution in [2.75, 3.05) is 32.1 Å². The topological polar surface area (TPSA) is 62.9 Å². The summed E-state index contributed by atoms with van der Waals surface area (Å²) in [6.07, 6.45) is 1.15. The van der Waals surface area contributed by atoms with Crippen molar-refractivity contribution in [3.8, 4) is 5.75 Å². The van der Waals surface area contributed by atoms with Crippen LogP contribution in [0, 0.1) is 0 Å². The minimum atomic E-state index is 0. The molecule has 3 N–H and O–H groups in total. The molecule has 5 nitrogen and oxygen atoms in total. The molecule has 3 rings (SSSR count). The molecule has 7 heteroatoms. The summed E-state index contributed by atoms with van der Waals surface area (Å²) in [6, 6.07) is 9.88. The maximum Gasteiger partial charge on any atom is 0.193 e. The summed E-state index contributed by atoms with van der Waals surface area (Å²) in [5.41, 5.74) is 8.30. The Balaban J connectivity index is 0.00000208. The Morgan fingerprint density at radius 3 is 3.12 bits per heavy atom. The molecule has 0 saturated carbocycles. The van der Waals surface area contributed by atoms with Crippen molar-refractivity contribution in [3.05, 3.63) is 46.2 Å². The Kier molecular flexibility index (Phi) is 7.32. The van der Waals surface area contributed by atoms with Crippen molar-refractivity contribution in [2.45, 2.75) is 13.0 Å². The second-order valence-corrected chi connectivity index (χ2v) is 6.52. The van der Waals surface area contributed by atoms with E-state index in [-0.39, 0.29) is 24.0 Å². The van der Waals surface area contributed by atoms with Gasteiger partial charge in [0.25, 0.3) is 0 Å². The zero-order valence-corrected chi connectivity index (χ0v) is 16.8. The van der Waals surface area contributed by atoms with Crippen LogP contribution in [0.1, 0.15) is 10.4 Å². The van der Waals surface area contributed by atoms with Gasteiger partial charge in [0.2, 0.25) is 0 Å². The fourth-order valence-electron chi connectivity index (χ4n) is 2.70. The monoisotopic (exact) mass is 458 g/mol. The van der Waals surface area contributed by atoms with Gasteiger partial charge in [0.15, 0.2) is 5.96 Å². The van der Waals surface area contributed by atoms with E-state index < -0.39 is 0 Å². The third kappa shape index (κ3) is 5.09. The van der Waals surface area contributed by atoms with Crippen LogP contribution in [0.3, 0.4) is 0 Å². The van der Waals surface area contributed by atoms with Crippen LogP contribution in [-0.2, 0) is 13.0 Å². The number of anilines is 1. The number of rotatable bonds is 5. The zero-order valence-electron chi connectivity index (χ0n) is 13.7. The Hall–Kier alpha value is -1.32. The first-order valence-electron chi connectivity index (χ1n) is 7.73. The predicted molar refractivity (Wildman–Crippen MR) is 112 cm³/mol. The molecule has 1 aliphatic heterocycles. The highest BCUT2D eigenvalue weighted by molar-refractivity contribution is 14.0. The van der Waals surface area contributed by atoms with Gasteiger partial charge in [-0.05, 0) is 35.6 Å². The van der Waals surface area contributed by atoms with Crippen LogP contribution >= 0.6 is 35.3 Å². The molecule has 0 radical (unpaired) electrons. The van der Waals surface area contributed by atoms with Gasteiger partial charge in [-0.2, -0.15) is 0 Å². The summed E-state index contributed by atoms with van der Waals surface area (Å²) in [4.78, 5) is 8.38. The average molecular weight is 458 g/mol. The molecule has 130 valence electrons. The Morgan fingerprint density at radius 1 is 1.42 bits per heavy atom. The van der Waals surface area contributed by atoms with E-state index in [9.17, 15) is 0 Å². The molecule has 1 aromatic carbocycles. The first-order valence-corrected chi connectivity index (χ1v) is 8.61. The van der Waals surface area contributed by atoms with Crippen molar-refractivity contribution in [1.82, 2.24) is 4.90 Å². The molecule has 0 spiro atoms. The quantitative estimate of drug-likeness (QED) is 0.411. The average Bonchev–Trinajstić information content (AvgIpc) is 3.02. The van der Waals surface area contributed by atoms with E-state index in [0.29, 0.717) is 12.5 Å². The highest BCUT2D eigenvalue weighted by Gasteiger charge is 2.16. The molecule has 0 unspecified atom stereocenters. The molecule has 0 saturated heterocycles. The van der Waals surface area contributed by atoms with Gasteiger partial charge in [-0.3, -0.25) is 9.89 Å². The number of aliphatic imine (C=N–C) groups is 1. The van der Waals surface area contributed by atoms with Crippen LogP contribution in [-0.4, -0.2) is 37.6 Å². The predicted octanol–water partition coefficient (Wildman–Crippen LogP) is 3.16. The highest BCUT2D eigenvalue weighted by atomic mass is 127. The molecule has 0 amide bonds. The summed E-state index contributed by atoms with van der Waals surface area (Å²) < 4.78 is 5.19. The smallest absolute Gasteiger partial charge is 0.193 e. The van der Waals surface area contributed by atoms with E-state index in [1.54, 1.807) is 7.11 Å². The summed E-state index contributed by atoms with van der Waals surface area (Å²) in [7, 11) is 1.65. The summed E-state index contributed by atoms with van der Waals surface area (Å²) >= 11 is 1.87. The van der Waals surface area contributed by atoms with Crippen molar-refractivity contribution in [3.63, 3.8) is 0 Å². The van der Waals surface area contributed by atoms with E-state index in [1.807, 2.05) is 35.6 Å². The van der Waals surface area contributed by atoms with Gasteiger partial charge in [-0.1, -0.05) is 6.07 Å². The first-order chi connectivity index (χ1) is 11.2. The molecule has 0 bridgehead atoms. The van der Waals surface area contributed by atoms with E-state index in [0.717, 1.165) is 37.5 Å². The minimum Gasteiger partial charge on any atom is -0.497 e. The van der Waals surface area contributed by atoms with Crippen molar-refractivity contribution < 1.29 is 4.74 Å². The normalized spacial score (nSPS) is 14.6. The van der Waals surface area contributed by atoms with Crippen LogP contribution < -0.4 is 15.8 Å². The number of hydrogen-bond acceptors (Lipinski definition) is 4. The van der Waals surface area contributed by atoms with E-state index in [4.69, 9.17) is 10.5 Å². The van der Waals surface area contributed by atoms with Crippen LogP contribution in [0.25, 0.3) is 0 Å². The van der Waals surface area contributed by atoms with E-state index in [2.05, 4.69) is 26.7 Å². The van der Waals surface area contributed by atoms with Crippen molar-refractivity contribution >= 4 is 47.0 Å². The number of hydrogen-bond donors (Lipinski definition) is 2. The second kappa shape index (κ2) is 9.24. The fraction of sp³-hybridized carbons (Fsp3) is 0.353. The van der Waals surface area contributed by atoms with Gasteiger partial charge in [0, 0.05) is 36.3 Å². The Labute approximate surface area is 163 Å². The summed E-state index contributed by atoms with van der Waals surface area (Å²) in [6.45, 7) is 3.75. The maximum absolute atomic E-state index is 5.95. The van der Waals surface area contributed by atoms with Gasteiger partial charge in [0.05, 0.1) is 13.7 Å². The summed E-state index contributed by atoms with van der Waals surface area (Å²) in [5, 5.41) is 5.28. The highest BCUT2D eigenvalue weighted by Crippen LogP contribution is 2.23. The van der Waals surface area contributed by atoms with Crippen molar-refractivity contribution in [1.29, 1.82) is 0 Å². The Bertz CT molecular complexity index is 689. The third-order valence-corrected chi connectivity index (χ3v) is 4.95. The number of benzene rings is 1. The molecular formula is C17H23IN4OS. The van der Waals surface area contributed by atoms with E-state index >= 15 is 0 Å². The standard InChI is InChI=1S/C17H22N4OS.HI/c1-22-15-4-2-3-14(11-15)20-17(18)19-7-9-21-8-5-16-13(12-21)6-10-23-16;/h2-4,6,10-11H,5,7-9,12H2,1H3,(H3,18,19,20);1H. The summed E-state index contributed by atoms with van der Waals surface area (Å²) in [5.74, 6) is 1.23. The molecule has 1 aromatic heterocycles. The van der Waals surface area contributed by atoms with E-state index in [1.165, 1.54) is 10.4 Å². The number of nitrogens with zero attached hydrogens (tertiary/aromatic N) is 2. The molecule has 24 heavy (non-hydrogen) atoms. The van der Waals surface area contributed by atoms with Gasteiger partial charge in [-0.15, -0.1) is 35.3 Å². The molecule has 0 aliphatic carbocycles. The molecule has 0 atom stereocenters. The third-order valence-electron chi connectivity index (χ3n) is 3.93. The number of nitrogens with one attached hydrogen (secondary N) is 1. The van der Waals surface area contributed by atoms with Crippen LogP contribution in [0.4, 0.5) is 5.69 Å². The largest absolute Gasteiger partial charge is 0.497 e. The van der Waals surface area contributed by atoms with Gasteiger partial charge in [-0.25, -0.2) is 0 Å². The van der Waals surface area contributed by atoms with Crippen molar-refractivity contribution in [2.24, 2.45) is 10.7 Å². The number of halogens is 1. The van der Waals surface area contributed by atoms with Gasteiger partial charge >= 0.3 is 0 Å². The lowest BCUT2D eigenvalue weighted by Gasteiger charge is -2.26.